The molecule has 2 aliphatic heterocycles. The van der Waals surface area contributed by atoms with Crippen LogP contribution in [0, 0.1) is 5.92 Å². The molecule has 0 saturated carbocycles. The molecule has 0 radical (unpaired) electrons. The second kappa shape index (κ2) is 7.58. The Balaban J connectivity index is 1.85. The highest BCUT2D eigenvalue weighted by molar-refractivity contribution is 4.86. The Kier molecular flexibility index (Phi) is 6.07. The van der Waals surface area contributed by atoms with Crippen molar-refractivity contribution < 1.29 is 4.74 Å². The van der Waals surface area contributed by atoms with E-state index in [1.54, 1.807) is 0 Å². The highest BCUT2D eigenvalue weighted by Crippen LogP contribution is 2.19. The fourth-order valence-electron chi connectivity index (χ4n) is 3.41. The standard InChI is InChI=1S/C15H31N3O/c1-4-14-10-18(8-7-17(14)3)11-15(16-5-2)13-6-9-19-12-13/h13-16H,4-12H2,1-3H3. The fourth-order valence-corrected chi connectivity index (χ4v) is 3.41. The molecule has 2 heterocycles. The van der Waals surface area contributed by atoms with Crippen LogP contribution in [0.15, 0.2) is 0 Å². The van der Waals surface area contributed by atoms with E-state index in [-0.39, 0.29) is 0 Å². The van der Waals surface area contributed by atoms with Crippen molar-refractivity contribution in [1.29, 1.82) is 0 Å². The van der Waals surface area contributed by atoms with Crippen molar-refractivity contribution in [3.05, 3.63) is 0 Å². The van der Waals surface area contributed by atoms with E-state index in [1.165, 1.54) is 39.0 Å². The van der Waals surface area contributed by atoms with Gasteiger partial charge >= 0.3 is 0 Å². The van der Waals surface area contributed by atoms with Crippen LogP contribution in [0.3, 0.4) is 0 Å². The predicted molar refractivity (Wildman–Crippen MR) is 79.5 cm³/mol. The van der Waals surface area contributed by atoms with Crippen molar-refractivity contribution in [3.8, 4) is 0 Å². The van der Waals surface area contributed by atoms with E-state index in [0.29, 0.717) is 12.0 Å². The lowest BCUT2D eigenvalue weighted by molar-refractivity contribution is 0.0776. The van der Waals surface area contributed by atoms with Crippen LogP contribution in [0.2, 0.25) is 0 Å². The first-order valence-corrected chi connectivity index (χ1v) is 7.98. The van der Waals surface area contributed by atoms with Crippen molar-refractivity contribution in [2.24, 2.45) is 5.92 Å². The third-order valence-electron chi connectivity index (χ3n) is 4.79. The van der Waals surface area contributed by atoms with Gasteiger partial charge < -0.3 is 15.0 Å². The molecule has 0 amide bonds. The molecule has 3 unspecified atom stereocenters. The van der Waals surface area contributed by atoms with Crippen molar-refractivity contribution in [1.82, 2.24) is 15.1 Å². The lowest BCUT2D eigenvalue weighted by atomic mass is 9.97. The summed E-state index contributed by atoms with van der Waals surface area (Å²) in [5.74, 6) is 0.708. The number of likely N-dealkylation sites (N-methyl/N-ethyl adjacent to an activating group) is 2. The van der Waals surface area contributed by atoms with E-state index in [0.717, 1.165) is 25.8 Å². The minimum absolute atomic E-state index is 0.605. The molecule has 2 saturated heterocycles. The largest absolute Gasteiger partial charge is 0.381 e. The molecular weight excluding hydrogens is 238 g/mol. The smallest absolute Gasteiger partial charge is 0.0510 e. The van der Waals surface area contributed by atoms with Gasteiger partial charge in [-0.2, -0.15) is 0 Å². The molecule has 4 heteroatoms. The summed E-state index contributed by atoms with van der Waals surface area (Å²) in [6.07, 6.45) is 2.48. The second-order valence-electron chi connectivity index (χ2n) is 6.09. The highest BCUT2D eigenvalue weighted by Gasteiger charge is 2.29. The molecule has 0 aromatic carbocycles. The topological polar surface area (TPSA) is 27.7 Å². The maximum atomic E-state index is 5.57. The first-order chi connectivity index (χ1) is 9.24. The third-order valence-corrected chi connectivity index (χ3v) is 4.79. The number of ether oxygens (including phenoxy) is 1. The van der Waals surface area contributed by atoms with Gasteiger partial charge in [-0.25, -0.2) is 0 Å². The maximum absolute atomic E-state index is 5.57. The summed E-state index contributed by atoms with van der Waals surface area (Å²) in [7, 11) is 2.26. The normalized spacial score (nSPS) is 31.7. The van der Waals surface area contributed by atoms with Gasteiger partial charge in [-0.1, -0.05) is 13.8 Å². The highest BCUT2D eigenvalue weighted by atomic mass is 16.5. The van der Waals surface area contributed by atoms with Crippen LogP contribution in [-0.2, 0) is 4.74 Å². The van der Waals surface area contributed by atoms with Gasteiger partial charge in [0.2, 0.25) is 0 Å². The number of hydrogen-bond donors (Lipinski definition) is 1. The van der Waals surface area contributed by atoms with Gasteiger partial charge in [0.05, 0.1) is 6.61 Å². The summed E-state index contributed by atoms with van der Waals surface area (Å²) in [6, 6.07) is 1.34. The number of piperazine rings is 1. The van der Waals surface area contributed by atoms with Crippen LogP contribution < -0.4 is 5.32 Å². The third kappa shape index (κ3) is 4.15. The van der Waals surface area contributed by atoms with E-state index in [1.807, 2.05) is 0 Å². The van der Waals surface area contributed by atoms with Crippen LogP contribution in [0.25, 0.3) is 0 Å². The fraction of sp³-hybridized carbons (Fsp3) is 1.00. The van der Waals surface area contributed by atoms with Crippen LogP contribution in [0.5, 0.6) is 0 Å². The minimum Gasteiger partial charge on any atom is -0.381 e. The van der Waals surface area contributed by atoms with Crippen molar-refractivity contribution >= 4 is 0 Å². The summed E-state index contributed by atoms with van der Waals surface area (Å²) >= 11 is 0. The molecule has 0 aromatic heterocycles. The molecule has 4 nitrogen and oxygen atoms in total. The average molecular weight is 269 g/mol. The van der Waals surface area contributed by atoms with Crippen molar-refractivity contribution in [2.45, 2.75) is 38.8 Å². The molecule has 2 aliphatic rings. The van der Waals surface area contributed by atoms with Crippen molar-refractivity contribution in [3.63, 3.8) is 0 Å². The zero-order valence-electron chi connectivity index (χ0n) is 12.9. The van der Waals surface area contributed by atoms with Crippen LogP contribution in [0.1, 0.15) is 26.7 Å². The Bertz CT molecular complexity index is 256. The van der Waals surface area contributed by atoms with Gasteiger partial charge in [-0.15, -0.1) is 0 Å². The van der Waals surface area contributed by atoms with E-state index in [9.17, 15) is 0 Å². The zero-order chi connectivity index (χ0) is 13.7. The van der Waals surface area contributed by atoms with Crippen LogP contribution >= 0.6 is 0 Å². The quantitative estimate of drug-likeness (QED) is 0.779. The summed E-state index contributed by atoms with van der Waals surface area (Å²) in [5.41, 5.74) is 0. The van der Waals surface area contributed by atoms with E-state index >= 15 is 0 Å². The predicted octanol–water partition coefficient (Wildman–Crippen LogP) is 1.03. The first kappa shape index (κ1) is 15.2. The molecule has 0 aromatic rings. The molecule has 0 bridgehead atoms. The molecule has 112 valence electrons. The molecule has 3 atom stereocenters. The zero-order valence-corrected chi connectivity index (χ0v) is 12.9. The van der Waals surface area contributed by atoms with Gasteiger partial charge in [0.15, 0.2) is 0 Å². The summed E-state index contributed by atoms with van der Waals surface area (Å²) in [4.78, 5) is 5.16. The summed E-state index contributed by atoms with van der Waals surface area (Å²) in [5, 5.41) is 3.68. The lowest BCUT2D eigenvalue weighted by Crippen LogP contribution is -2.55. The maximum Gasteiger partial charge on any atom is 0.0510 e. The molecule has 19 heavy (non-hydrogen) atoms. The Morgan fingerprint density at radius 1 is 1.32 bits per heavy atom. The average Bonchev–Trinajstić information content (AvgIpc) is 2.94. The number of nitrogens with zero attached hydrogens (tertiary/aromatic N) is 2. The van der Waals surface area contributed by atoms with Gasteiger partial charge in [0.1, 0.15) is 0 Å². The van der Waals surface area contributed by atoms with Gasteiger partial charge in [-0.3, -0.25) is 4.90 Å². The van der Waals surface area contributed by atoms with E-state index < -0.39 is 0 Å². The molecule has 2 rings (SSSR count). The summed E-state index contributed by atoms with van der Waals surface area (Å²) < 4.78 is 5.57. The van der Waals surface area contributed by atoms with Gasteiger partial charge in [0.25, 0.3) is 0 Å². The molecule has 0 aliphatic carbocycles. The second-order valence-corrected chi connectivity index (χ2v) is 6.09. The van der Waals surface area contributed by atoms with Gasteiger partial charge in [-0.05, 0) is 26.4 Å². The monoisotopic (exact) mass is 269 g/mol. The lowest BCUT2D eigenvalue weighted by Gasteiger charge is -2.41. The van der Waals surface area contributed by atoms with Crippen LogP contribution in [-0.4, -0.2) is 74.9 Å². The molecular formula is C15H31N3O. The molecule has 1 N–H and O–H groups in total. The van der Waals surface area contributed by atoms with E-state index in [2.05, 4.69) is 36.0 Å². The number of rotatable bonds is 6. The Morgan fingerprint density at radius 2 is 2.16 bits per heavy atom. The minimum atomic E-state index is 0.605. The Labute approximate surface area is 118 Å². The Morgan fingerprint density at radius 3 is 2.79 bits per heavy atom. The van der Waals surface area contributed by atoms with E-state index in [4.69, 9.17) is 4.74 Å². The number of nitrogens with one attached hydrogen (secondary N) is 1. The number of hydrogen-bond acceptors (Lipinski definition) is 4. The van der Waals surface area contributed by atoms with Crippen molar-refractivity contribution in [2.75, 3.05) is 53.0 Å². The Hall–Kier alpha value is -0.160. The van der Waals surface area contributed by atoms with Gasteiger partial charge in [0, 0.05) is 50.8 Å². The van der Waals surface area contributed by atoms with Crippen LogP contribution in [0.4, 0.5) is 0 Å². The summed E-state index contributed by atoms with van der Waals surface area (Å²) in [6.45, 7) is 12.3. The first-order valence-electron chi connectivity index (χ1n) is 7.98. The molecule has 2 fully saturated rings. The SMILES string of the molecule is CCNC(CN1CCN(C)C(CC)C1)C1CCOC1. The molecule has 0 spiro atoms.